The molecule has 0 aromatic heterocycles. The molecule has 0 aliphatic rings. The number of nitrogens with zero attached hydrogens (tertiary/aromatic N) is 1. The first-order valence-corrected chi connectivity index (χ1v) is 4.54. The molecule has 7 heteroatoms. The number of phenols is 1. The molecule has 0 aliphatic heterocycles. The normalized spacial score (nSPS) is 10.2. The van der Waals surface area contributed by atoms with E-state index in [-0.39, 0.29) is 11.5 Å². The predicted octanol–water partition coefficient (Wildman–Crippen LogP) is -0.664. The van der Waals surface area contributed by atoms with Crippen molar-refractivity contribution in [2.45, 2.75) is 0 Å². The molecule has 0 saturated carbocycles. The highest BCUT2D eigenvalue weighted by Gasteiger charge is 2.05. The van der Waals surface area contributed by atoms with E-state index in [0.717, 1.165) is 0 Å². The van der Waals surface area contributed by atoms with Crippen molar-refractivity contribution in [2.24, 2.45) is 10.8 Å². The van der Waals surface area contributed by atoms with Gasteiger partial charge in [0.25, 0.3) is 0 Å². The van der Waals surface area contributed by atoms with E-state index in [1.807, 2.05) is 5.43 Å². The summed E-state index contributed by atoms with van der Waals surface area (Å²) in [6.07, 6.45) is 1.28. The SMILES string of the molecule is COc1cc(/C=N/NC(=O)C(N)=O)ccc1O. The van der Waals surface area contributed by atoms with Gasteiger partial charge in [-0.25, -0.2) is 5.43 Å². The van der Waals surface area contributed by atoms with E-state index >= 15 is 0 Å². The quantitative estimate of drug-likeness (QED) is 0.367. The van der Waals surface area contributed by atoms with Crippen molar-refractivity contribution in [1.29, 1.82) is 0 Å². The molecule has 90 valence electrons. The van der Waals surface area contributed by atoms with Gasteiger partial charge in [-0.3, -0.25) is 9.59 Å². The number of hydrogen-bond donors (Lipinski definition) is 3. The molecule has 1 aromatic rings. The number of rotatable bonds is 3. The maximum atomic E-state index is 10.7. The van der Waals surface area contributed by atoms with E-state index in [9.17, 15) is 14.7 Å². The van der Waals surface area contributed by atoms with Crippen molar-refractivity contribution >= 4 is 18.0 Å². The van der Waals surface area contributed by atoms with Gasteiger partial charge in [0.1, 0.15) is 0 Å². The molecule has 0 saturated heterocycles. The largest absolute Gasteiger partial charge is 0.504 e. The van der Waals surface area contributed by atoms with Gasteiger partial charge < -0.3 is 15.6 Å². The first kappa shape index (κ1) is 12.5. The van der Waals surface area contributed by atoms with Crippen molar-refractivity contribution in [3.8, 4) is 11.5 Å². The van der Waals surface area contributed by atoms with Gasteiger partial charge in [0, 0.05) is 0 Å². The Morgan fingerprint density at radius 3 is 2.82 bits per heavy atom. The summed E-state index contributed by atoms with van der Waals surface area (Å²) in [5.41, 5.74) is 7.21. The number of aromatic hydroxyl groups is 1. The highest BCUT2D eigenvalue weighted by Crippen LogP contribution is 2.25. The third-order valence-corrected chi connectivity index (χ3v) is 1.81. The van der Waals surface area contributed by atoms with Crippen molar-refractivity contribution < 1.29 is 19.4 Å². The summed E-state index contributed by atoms with van der Waals surface area (Å²) in [5, 5.41) is 12.8. The average molecular weight is 237 g/mol. The number of phenolic OH excluding ortho intramolecular Hbond substituents is 1. The van der Waals surface area contributed by atoms with Crippen molar-refractivity contribution in [3.63, 3.8) is 0 Å². The van der Waals surface area contributed by atoms with Gasteiger partial charge in [-0.1, -0.05) is 0 Å². The number of primary amides is 1. The van der Waals surface area contributed by atoms with Crippen LogP contribution in [0.1, 0.15) is 5.56 Å². The molecule has 1 aromatic carbocycles. The van der Waals surface area contributed by atoms with Crippen LogP contribution >= 0.6 is 0 Å². The number of nitrogens with two attached hydrogens (primary N) is 1. The summed E-state index contributed by atoms with van der Waals surface area (Å²) >= 11 is 0. The van der Waals surface area contributed by atoms with Crippen LogP contribution in [0.3, 0.4) is 0 Å². The summed E-state index contributed by atoms with van der Waals surface area (Å²) in [5.74, 6) is -1.86. The van der Waals surface area contributed by atoms with Gasteiger partial charge in [-0.15, -0.1) is 0 Å². The van der Waals surface area contributed by atoms with Crippen LogP contribution in [-0.4, -0.2) is 30.2 Å². The van der Waals surface area contributed by atoms with E-state index < -0.39 is 11.8 Å². The van der Waals surface area contributed by atoms with Crippen LogP contribution in [0.25, 0.3) is 0 Å². The Labute approximate surface area is 96.9 Å². The number of amides is 2. The van der Waals surface area contributed by atoms with Gasteiger partial charge in [-0.2, -0.15) is 5.10 Å². The summed E-state index contributed by atoms with van der Waals surface area (Å²) in [6, 6.07) is 4.48. The van der Waals surface area contributed by atoms with Crippen LogP contribution in [0.4, 0.5) is 0 Å². The minimum absolute atomic E-state index is 0.00850. The molecular weight excluding hydrogens is 226 g/mol. The monoisotopic (exact) mass is 237 g/mol. The van der Waals surface area contributed by atoms with Crippen LogP contribution in [0.15, 0.2) is 23.3 Å². The number of nitrogens with one attached hydrogen (secondary N) is 1. The first-order chi connectivity index (χ1) is 8.04. The zero-order valence-electron chi connectivity index (χ0n) is 9.01. The van der Waals surface area contributed by atoms with Gasteiger partial charge >= 0.3 is 11.8 Å². The lowest BCUT2D eigenvalue weighted by Crippen LogP contribution is -2.32. The standard InChI is InChI=1S/C10H11N3O4/c1-17-8-4-6(2-3-7(8)14)5-12-13-10(16)9(11)15/h2-5,14H,1H3,(H2,11,15)(H,13,16)/b12-5+. The topological polar surface area (TPSA) is 114 Å². The molecule has 0 radical (unpaired) electrons. The van der Waals surface area contributed by atoms with Crippen LogP contribution in [-0.2, 0) is 9.59 Å². The molecule has 0 fully saturated rings. The summed E-state index contributed by atoms with van der Waals surface area (Å²) < 4.78 is 4.88. The van der Waals surface area contributed by atoms with Gasteiger partial charge in [0.2, 0.25) is 0 Å². The summed E-state index contributed by atoms with van der Waals surface area (Å²) in [6.45, 7) is 0. The number of methoxy groups -OCH3 is 1. The Morgan fingerprint density at radius 1 is 1.53 bits per heavy atom. The molecule has 0 unspecified atom stereocenters. The number of carbonyl (C=O) groups is 2. The third-order valence-electron chi connectivity index (χ3n) is 1.81. The van der Waals surface area contributed by atoms with Crippen LogP contribution in [0.2, 0.25) is 0 Å². The second-order valence-corrected chi connectivity index (χ2v) is 2.99. The maximum absolute atomic E-state index is 10.7. The smallest absolute Gasteiger partial charge is 0.329 e. The molecular formula is C10H11N3O4. The predicted molar refractivity (Wildman–Crippen MR) is 59.6 cm³/mol. The van der Waals surface area contributed by atoms with E-state index in [2.05, 4.69) is 5.10 Å². The number of ether oxygens (including phenoxy) is 1. The molecule has 0 aliphatic carbocycles. The van der Waals surface area contributed by atoms with Crippen molar-refractivity contribution in [3.05, 3.63) is 23.8 Å². The average Bonchev–Trinajstić information content (AvgIpc) is 2.31. The van der Waals surface area contributed by atoms with E-state index in [1.54, 1.807) is 6.07 Å². The van der Waals surface area contributed by atoms with Crippen molar-refractivity contribution in [2.75, 3.05) is 7.11 Å². The molecule has 4 N–H and O–H groups in total. The van der Waals surface area contributed by atoms with Crippen molar-refractivity contribution in [1.82, 2.24) is 5.43 Å². The molecule has 0 heterocycles. The van der Waals surface area contributed by atoms with Crippen LogP contribution < -0.4 is 15.9 Å². The lowest BCUT2D eigenvalue weighted by molar-refractivity contribution is -0.137. The molecule has 0 atom stereocenters. The van der Waals surface area contributed by atoms with Crippen LogP contribution in [0, 0.1) is 0 Å². The Hall–Kier alpha value is -2.57. The van der Waals surface area contributed by atoms with Gasteiger partial charge in [0.05, 0.1) is 13.3 Å². The van der Waals surface area contributed by atoms with E-state index in [1.165, 1.54) is 25.5 Å². The molecule has 0 bridgehead atoms. The number of hydrogen-bond acceptors (Lipinski definition) is 5. The Bertz CT molecular complexity index is 471. The highest BCUT2D eigenvalue weighted by atomic mass is 16.5. The second kappa shape index (κ2) is 5.50. The maximum Gasteiger partial charge on any atom is 0.329 e. The van der Waals surface area contributed by atoms with Gasteiger partial charge in [0.15, 0.2) is 11.5 Å². The van der Waals surface area contributed by atoms with Crippen LogP contribution in [0.5, 0.6) is 11.5 Å². The number of carbonyl (C=O) groups excluding carboxylic acids is 2. The zero-order chi connectivity index (χ0) is 12.8. The molecule has 7 nitrogen and oxygen atoms in total. The van der Waals surface area contributed by atoms with E-state index in [4.69, 9.17) is 10.5 Å². The molecule has 17 heavy (non-hydrogen) atoms. The van der Waals surface area contributed by atoms with E-state index in [0.29, 0.717) is 5.56 Å². The fourth-order valence-corrected chi connectivity index (χ4v) is 0.995. The third kappa shape index (κ3) is 3.49. The minimum atomic E-state index is -1.12. The Balaban J connectivity index is 2.72. The molecule has 2 amide bonds. The Morgan fingerprint density at radius 2 is 2.24 bits per heavy atom. The fourth-order valence-electron chi connectivity index (χ4n) is 0.995. The number of hydrazone groups is 1. The molecule has 0 spiro atoms. The second-order valence-electron chi connectivity index (χ2n) is 2.99. The summed E-state index contributed by atoms with van der Waals surface area (Å²) in [4.78, 5) is 21.1. The Kier molecular flexibility index (Phi) is 4.04. The first-order valence-electron chi connectivity index (χ1n) is 4.54. The highest BCUT2D eigenvalue weighted by molar-refractivity contribution is 6.34. The lowest BCUT2D eigenvalue weighted by atomic mass is 10.2. The summed E-state index contributed by atoms with van der Waals surface area (Å²) in [7, 11) is 1.41. The minimum Gasteiger partial charge on any atom is -0.504 e. The number of benzene rings is 1. The lowest BCUT2D eigenvalue weighted by Gasteiger charge is -2.03. The van der Waals surface area contributed by atoms with Gasteiger partial charge in [-0.05, 0) is 23.8 Å². The zero-order valence-corrected chi connectivity index (χ0v) is 9.01. The fraction of sp³-hybridized carbons (Fsp3) is 0.100. The molecule has 1 rings (SSSR count).